The summed E-state index contributed by atoms with van der Waals surface area (Å²) in [7, 11) is 0. The zero-order chi connectivity index (χ0) is 32.7. The van der Waals surface area contributed by atoms with Crippen LogP contribution in [0.25, 0.3) is 11.1 Å². The van der Waals surface area contributed by atoms with Gasteiger partial charge < -0.3 is 9.80 Å². The third-order valence-corrected chi connectivity index (χ3v) is 14.1. The standard InChI is InChI=1S/C46H39BN2/c1-44(2)30-25-26-45(44,3)46(29-30)35-20-11-10-19-33(35)34-27-38-42(28-36(34)46)49(32-17-8-5-9-18-32)41-24-14-23-40-43(41)47(38)37-21-12-13-22-39(37)48(40)31-15-6-4-7-16-31/h4-24,27-28,30H,25-26,29H2,1-3H3. The molecule has 0 aromatic heterocycles. The Morgan fingerprint density at radius 3 is 1.84 bits per heavy atom. The fourth-order valence-electron chi connectivity index (χ4n) is 11.6. The first-order valence-electron chi connectivity index (χ1n) is 18.1. The van der Waals surface area contributed by atoms with Gasteiger partial charge in [-0.1, -0.05) is 112 Å². The molecule has 2 saturated carbocycles. The van der Waals surface area contributed by atoms with E-state index in [1.54, 1.807) is 11.1 Å². The molecule has 3 atom stereocenters. The van der Waals surface area contributed by atoms with Crippen molar-refractivity contribution in [2.75, 3.05) is 9.80 Å². The molecular weight excluding hydrogens is 591 g/mol. The molecule has 6 aromatic carbocycles. The molecule has 2 heterocycles. The van der Waals surface area contributed by atoms with E-state index in [4.69, 9.17) is 0 Å². The van der Waals surface area contributed by atoms with Crippen LogP contribution in [0.3, 0.4) is 0 Å². The van der Waals surface area contributed by atoms with E-state index in [2.05, 4.69) is 170 Å². The lowest BCUT2D eigenvalue weighted by Gasteiger charge is -2.49. The van der Waals surface area contributed by atoms with Gasteiger partial charge in [-0.05, 0) is 123 Å². The normalized spacial score (nSPS) is 24.4. The van der Waals surface area contributed by atoms with Crippen LogP contribution in [0.1, 0.15) is 51.2 Å². The number of hydrogen-bond donors (Lipinski definition) is 0. The Bertz CT molecular complexity index is 2350. The van der Waals surface area contributed by atoms with Gasteiger partial charge in [0.1, 0.15) is 0 Å². The highest BCUT2D eigenvalue weighted by atomic mass is 15.2. The first-order chi connectivity index (χ1) is 23.9. The molecular formula is C46H39BN2. The zero-order valence-corrected chi connectivity index (χ0v) is 28.4. The maximum absolute atomic E-state index is 2.67. The van der Waals surface area contributed by atoms with Crippen molar-refractivity contribution >= 4 is 57.2 Å². The Kier molecular flexibility index (Phi) is 5.33. The van der Waals surface area contributed by atoms with Gasteiger partial charge in [-0.3, -0.25) is 0 Å². The summed E-state index contributed by atoms with van der Waals surface area (Å²) < 4.78 is 0. The fraction of sp³-hybridized carbons (Fsp3) is 0.217. The van der Waals surface area contributed by atoms with Crippen LogP contribution in [0, 0.1) is 16.7 Å². The Labute approximate surface area is 290 Å². The van der Waals surface area contributed by atoms with Gasteiger partial charge in [0.15, 0.2) is 0 Å². The van der Waals surface area contributed by atoms with Gasteiger partial charge in [0.2, 0.25) is 0 Å². The molecule has 3 aliphatic carbocycles. The van der Waals surface area contributed by atoms with Crippen molar-refractivity contribution in [2.24, 2.45) is 16.7 Å². The highest BCUT2D eigenvalue weighted by molar-refractivity contribution is 7.00. The smallest absolute Gasteiger partial charge is 0.252 e. The summed E-state index contributed by atoms with van der Waals surface area (Å²) in [4.78, 5) is 5.06. The number of hydrogen-bond acceptors (Lipinski definition) is 2. The summed E-state index contributed by atoms with van der Waals surface area (Å²) >= 11 is 0. The molecule has 236 valence electrons. The highest BCUT2D eigenvalue weighted by Crippen LogP contribution is 2.78. The molecule has 3 unspecified atom stereocenters. The Morgan fingerprint density at radius 2 is 1.16 bits per heavy atom. The number of benzene rings is 6. The molecule has 2 nitrogen and oxygen atoms in total. The van der Waals surface area contributed by atoms with Crippen LogP contribution in [-0.2, 0) is 5.41 Å². The van der Waals surface area contributed by atoms with E-state index in [-0.39, 0.29) is 23.0 Å². The number of para-hydroxylation sites is 3. The third kappa shape index (κ3) is 3.21. The molecule has 2 bridgehead atoms. The summed E-state index contributed by atoms with van der Waals surface area (Å²) in [5.74, 6) is 0.732. The minimum atomic E-state index is 0.0133. The lowest BCUT2D eigenvalue weighted by molar-refractivity contribution is 0.0990. The SMILES string of the molecule is CC1(C)C2CCC1(C)C1(C2)c2ccccc2-c2cc3c(cc21)N(c1ccccc1)c1cccc2c1B3c1ccccc1N2c1ccccc1. The predicted molar refractivity (Wildman–Crippen MR) is 206 cm³/mol. The molecule has 6 aromatic rings. The van der Waals surface area contributed by atoms with Crippen LogP contribution >= 0.6 is 0 Å². The summed E-state index contributed by atoms with van der Waals surface area (Å²) in [5, 5.41) is 0. The van der Waals surface area contributed by atoms with Gasteiger partial charge in [-0.25, -0.2) is 0 Å². The zero-order valence-electron chi connectivity index (χ0n) is 28.4. The molecule has 5 aliphatic rings. The molecule has 2 aliphatic heterocycles. The fourth-order valence-corrected chi connectivity index (χ4v) is 11.6. The minimum absolute atomic E-state index is 0.0133. The van der Waals surface area contributed by atoms with Crippen molar-refractivity contribution in [3.63, 3.8) is 0 Å². The van der Waals surface area contributed by atoms with Crippen molar-refractivity contribution in [3.05, 3.63) is 151 Å². The summed E-state index contributed by atoms with van der Waals surface area (Å²) in [6, 6.07) is 52.8. The second kappa shape index (κ2) is 9.36. The van der Waals surface area contributed by atoms with Crippen molar-refractivity contribution in [3.8, 4) is 11.1 Å². The van der Waals surface area contributed by atoms with Gasteiger partial charge in [-0.15, -0.1) is 0 Å². The topological polar surface area (TPSA) is 6.48 Å². The van der Waals surface area contributed by atoms with Gasteiger partial charge in [0, 0.05) is 39.5 Å². The van der Waals surface area contributed by atoms with E-state index in [0.717, 1.165) is 5.92 Å². The van der Waals surface area contributed by atoms with E-state index in [0.29, 0.717) is 0 Å². The molecule has 49 heavy (non-hydrogen) atoms. The van der Waals surface area contributed by atoms with E-state index < -0.39 is 0 Å². The lowest BCUT2D eigenvalue weighted by atomic mass is 9.33. The van der Waals surface area contributed by atoms with Crippen molar-refractivity contribution in [2.45, 2.75) is 45.4 Å². The van der Waals surface area contributed by atoms with Crippen LogP contribution in [0.5, 0.6) is 0 Å². The Balaban J connectivity index is 1.25. The maximum atomic E-state index is 2.67. The Hall–Kier alpha value is -5.02. The molecule has 0 saturated heterocycles. The van der Waals surface area contributed by atoms with Crippen LogP contribution in [0.2, 0.25) is 0 Å². The average molecular weight is 631 g/mol. The van der Waals surface area contributed by atoms with Crippen LogP contribution in [0.4, 0.5) is 34.1 Å². The van der Waals surface area contributed by atoms with E-state index in [1.165, 1.54) is 80.9 Å². The summed E-state index contributed by atoms with van der Waals surface area (Å²) in [6.07, 6.45) is 3.87. The van der Waals surface area contributed by atoms with Crippen molar-refractivity contribution < 1.29 is 0 Å². The number of anilines is 6. The number of rotatable bonds is 2. The second-order valence-corrected chi connectivity index (χ2v) is 15.9. The molecule has 0 N–H and O–H groups in total. The lowest BCUT2D eigenvalue weighted by Crippen LogP contribution is -2.61. The average Bonchev–Trinajstić information content (AvgIpc) is 3.61. The maximum Gasteiger partial charge on any atom is 0.252 e. The first-order valence-corrected chi connectivity index (χ1v) is 18.1. The van der Waals surface area contributed by atoms with Gasteiger partial charge in [-0.2, -0.15) is 0 Å². The highest BCUT2D eigenvalue weighted by Gasteiger charge is 2.71. The molecule has 2 fully saturated rings. The van der Waals surface area contributed by atoms with Gasteiger partial charge >= 0.3 is 0 Å². The molecule has 0 radical (unpaired) electrons. The van der Waals surface area contributed by atoms with E-state index in [9.17, 15) is 0 Å². The van der Waals surface area contributed by atoms with E-state index >= 15 is 0 Å². The molecule has 3 heteroatoms. The summed E-state index contributed by atoms with van der Waals surface area (Å²) in [6.45, 7) is 7.91. The largest absolute Gasteiger partial charge is 0.311 e. The van der Waals surface area contributed by atoms with E-state index in [1.807, 2.05) is 0 Å². The van der Waals surface area contributed by atoms with Gasteiger partial charge in [0.25, 0.3) is 6.71 Å². The molecule has 0 amide bonds. The van der Waals surface area contributed by atoms with Gasteiger partial charge in [0.05, 0.1) is 0 Å². The van der Waals surface area contributed by atoms with Crippen molar-refractivity contribution in [1.29, 1.82) is 0 Å². The van der Waals surface area contributed by atoms with Crippen LogP contribution in [-0.4, -0.2) is 6.71 Å². The predicted octanol–water partition coefficient (Wildman–Crippen LogP) is 9.88. The van der Waals surface area contributed by atoms with Crippen LogP contribution < -0.4 is 26.2 Å². The number of nitrogens with zero attached hydrogens (tertiary/aromatic N) is 2. The third-order valence-electron chi connectivity index (χ3n) is 14.1. The Morgan fingerprint density at radius 1 is 0.551 bits per heavy atom. The number of fused-ring (bicyclic) bond motifs is 12. The molecule has 11 rings (SSSR count). The molecule has 1 spiro atoms. The van der Waals surface area contributed by atoms with Crippen LogP contribution in [0.15, 0.2) is 140 Å². The summed E-state index contributed by atoms with van der Waals surface area (Å²) in [5.41, 5.74) is 18.2. The monoisotopic (exact) mass is 630 g/mol. The quantitative estimate of drug-likeness (QED) is 0.176. The van der Waals surface area contributed by atoms with Crippen molar-refractivity contribution in [1.82, 2.24) is 0 Å². The second-order valence-electron chi connectivity index (χ2n) is 15.9. The first kappa shape index (κ1) is 27.9. The minimum Gasteiger partial charge on any atom is -0.311 e.